The molecule has 0 spiro atoms. The number of alkyl halides is 3. The average Bonchev–Trinajstić information content (AvgIpc) is 3.17. The highest BCUT2D eigenvalue weighted by molar-refractivity contribution is 5.78. The summed E-state index contributed by atoms with van der Waals surface area (Å²) >= 11 is 0. The molecule has 1 aromatic heterocycles. The van der Waals surface area contributed by atoms with Crippen molar-refractivity contribution in [1.29, 1.82) is 0 Å². The van der Waals surface area contributed by atoms with Gasteiger partial charge < -0.3 is 5.73 Å². The van der Waals surface area contributed by atoms with E-state index < -0.39 is 11.7 Å². The first kappa shape index (κ1) is 13.0. The van der Waals surface area contributed by atoms with Gasteiger partial charge in [-0.15, -0.1) is 0 Å². The molecule has 1 fully saturated rings. The molecule has 3 rings (SSSR count). The van der Waals surface area contributed by atoms with Crippen LogP contribution in [0.4, 0.5) is 19.0 Å². The van der Waals surface area contributed by atoms with Crippen LogP contribution in [0.15, 0.2) is 24.3 Å². The molecule has 0 unspecified atom stereocenters. The zero-order chi connectivity index (χ0) is 14.5. The highest BCUT2D eigenvalue weighted by Gasteiger charge is 2.33. The Bertz CT molecular complexity index is 654. The summed E-state index contributed by atoms with van der Waals surface area (Å²) in [6.45, 7) is 0. The Labute approximate surface area is 114 Å². The van der Waals surface area contributed by atoms with E-state index in [9.17, 15) is 13.2 Å². The summed E-state index contributed by atoms with van der Waals surface area (Å²) in [5.41, 5.74) is 7.24. The molecule has 106 valence electrons. The van der Waals surface area contributed by atoms with Crippen molar-refractivity contribution in [2.45, 2.75) is 24.9 Å². The van der Waals surface area contributed by atoms with E-state index in [4.69, 9.17) is 5.73 Å². The smallest absolute Gasteiger partial charge is 0.383 e. The van der Waals surface area contributed by atoms with Crippen LogP contribution in [0.3, 0.4) is 0 Å². The Kier molecular flexibility index (Phi) is 2.77. The van der Waals surface area contributed by atoms with Crippen LogP contribution >= 0.6 is 0 Å². The molecule has 1 aliphatic rings. The molecule has 2 N–H and O–H groups in total. The normalized spacial score (nSPS) is 15.6. The molecule has 0 aliphatic heterocycles. The molecule has 6 heteroatoms. The third kappa shape index (κ3) is 2.15. The minimum atomic E-state index is -4.35. The molecule has 3 nitrogen and oxygen atoms in total. The first-order chi connectivity index (χ1) is 9.38. The van der Waals surface area contributed by atoms with Crippen LogP contribution in [0.5, 0.6) is 0 Å². The summed E-state index contributed by atoms with van der Waals surface area (Å²) in [6, 6.07) is 5.25. The second-order valence-corrected chi connectivity index (χ2v) is 5.12. The Morgan fingerprint density at radius 3 is 2.60 bits per heavy atom. The molecular formula is C14H14F3N3. The number of benzene rings is 1. The van der Waals surface area contributed by atoms with Crippen LogP contribution in [0.2, 0.25) is 0 Å². The lowest BCUT2D eigenvalue weighted by Crippen LogP contribution is -2.05. The predicted octanol–water partition coefficient (Wildman–Crippen LogP) is 3.57. The number of rotatable bonds is 2. The molecule has 1 aromatic carbocycles. The molecule has 0 radical (unpaired) electrons. The fraction of sp³-hybridized carbons (Fsp3) is 0.357. The Balaban J connectivity index is 2.14. The maximum atomic E-state index is 12.8. The van der Waals surface area contributed by atoms with Crippen LogP contribution in [0.25, 0.3) is 11.1 Å². The molecule has 0 atom stereocenters. The quantitative estimate of drug-likeness (QED) is 0.914. The predicted molar refractivity (Wildman–Crippen MR) is 70.0 cm³/mol. The van der Waals surface area contributed by atoms with Gasteiger partial charge in [-0.05, 0) is 30.5 Å². The van der Waals surface area contributed by atoms with Gasteiger partial charge in [-0.3, -0.25) is 4.68 Å². The number of nitrogen functional groups attached to an aromatic ring is 1. The molecule has 0 saturated heterocycles. The second kappa shape index (κ2) is 4.26. The van der Waals surface area contributed by atoms with E-state index in [1.807, 2.05) is 0 Å². The number of nitrogens with zero attached hydrogens (tertiary/aromatic N) is 2. The van der Waals surface area contributed by atoms with E-state index in [0.29, 0.717) is 22.9 Å². The van der Waals surface area contributed by atoms with Crippen molar-refractivity contribution in [2.75, 3.05) is 5.73 Å². The third-order valence-electron chi connectivity index (χ3n) is 3.56. The van der Waals surface area contributed by atoms with Gasteiger partial charge in [0.2, 0.25) is 0 Å². The van der Waals surface area contributed by atoms with Crippen molar-refractivity contribution < 1.29 is 13.2 Å². The standard InChI is InChI=1S/C14H14F3N3/c1-20-13(18)11(12(19-20)8-5-6-8)9-3-2-4-10(7-9)14(15,16)17/h2-4,7-8H,5-6,18H2,1H3. The molecule has 0 amide bonds. The van der Waals surface area contributed by atoms with Crippen molar-refractivity contribution in [3.63, 3.8) is 0 Å². The van der Waals surface area contributed by atoms with Crippen LogP contribution < -0.4 is 5.73 Å². The summed E-state index contributed by atoms with van der Waals surface area (Å²) in [5, 5.41) is 4.35. The summed E-state index contributed by atoms with van der Waals surface area (Å²) in [6.07, 6.45) is -2.32. The number of hydrogen-bond donors (Lipinski definition) is 1. The number of aryl methyl sites for hydroxylation is 1. The van der Waals surface area contributed by atoms with Crippen LogP contribution in [-0.4, -0.2) is 9.78 Å². The van der Waals surface area contributed by atoms with Crippen molar-refractivity contribution in [2.24, 2.45) is 7.05 Å². The number of hydrogen-bond acceptors (Lipinski definition) is 2. The fourth-order valence-corrected chi connectivity index (χ4v) is 2.35. The maximum absolute atomic E-state index is 12.8. The largest absolute Gasteiger partial charge is 0.416 e. The Morgan fingerprint density at radius 2 is 2.00 bits per heavy atom. The van der Waals surface area contributed by atoms with Gasteiger partial charge in [-0.25, -0.2) is 0 Å². The first-order valence-corrected chi connectivity index (χ1v) is 6.38. The average molecular weight is 281 g/mol. The zero-order valence-electron chi connectivity index (χ0n) is 10.9. The van der Waals surface area contributed by atoms with Gasteiger partial charge in [0.25, 0.3) is 0 Å². The van der Waals surface area contributed by atoms with Crippen LogP contribution in [0, 0.1) is 0 Å². The number of anilines is 1. The monoisotopic (exact) mass is 281 g/mol. The summed E-state index contributed by atoms with van der Waals surface area (Å²) in [5.74, 6) is 0.731. The lowest BCUT2D eigenvalue weighted by molar-refractivity contribution is -0.137. The van der Waals surface area contributed by atoms with E-state index in [1.165, 1.54) is 10.7 Å². The lowest BCUT2D eigenvalue weighted by atomic mass is 10.0. The van der Waals surface area contributed by atoms with Crippen LogP contribution in [-0.2, 0) is 13.2 Å². The number of aromatic nitrogens is 2. The van der Waals surface area contributed by atoms with Gasteiger partial charge in [0.15, 0.2) is 0 Å². The van der Waals surface area contributed by atoms with Gasteiger partial charge in [0.05, 0.1) is 11.3 Å². The van der Waals surface area contributed by atoms with Gasteiger partial charge in [-0.1, -0.05) is 12.1 Å². The van der Waals surface area contributed by atoms with E-state index in [0.717, 1.165) is 30.7 Å². The summed E-state index contributed by atoms with van der Waals surface area (Å²) < 4.78 is 40.0. The first-order valence-electron chi connectivity index (χ1n) is 6.38. The van der Waals surface area contributed by atoms with Crippen molar-refractivity contribution in [1.82, 2.24) is 9.78 Å². The van der Waals surface area contributed by atoms with Gasteiger partial charge >= 0.3 is 6.18 Å². The molecule has 1 aliphatic carbocycles. The molecule has 1 heterocycles. The van der Waals surface area contributed by atoms with E-state index >= 15 is 0 Å². The molecular weight excluding hydrogens is 267 g/mol. The number of halogens is 3. The molecule has 1 saturated carbocycles. The zero-order valence-corrected chi connectivity index (χ0v) is 10.9. The van der Waals surface area contributed by atoms with E-state index in [-0.39, 0.29) is 0 Å². The lowest BCUT2D eigenvalue weighted by Gasteiger charge is -2.09. The van der Waals surface area contributed by atoms with E-state index in [1.54, 1.807) is 13.1 Å². The minimum absolute atomic E-state index is 0.322. The molecule has 0 bridgehead atoms. The topological polar surface area (TPSA) is 43.8 Å². The van der Waals surface area contributed by atoms with Gasteiger partial charge in [-0.2, -0.15) is 18.3 Å². The maximum Gasteiger partial charge on any atom is 0.416 e. The van der Waals surface area contributed by atoms with Crippen molar-refractivity contribution >= 4 is 5.82 Å². The number of nitrogens with two attached hydrogens (primary N) is 1. The van der Waals surface area contributed by atoms with Crippen LogP contribution in [0.1, 0.15) is 30.0 Å². The Hall–Kier alpha value is -1.98. The summed E-state index contributed by atoms with van der Waals surface area (Å²) in [7, 11) is 1.71. The Morgan fingerprint density at radius 1 is 1.30 bits per heavy atom. The second-order valence-electron chi connectivity index (χ2n) is 5.12. The van der Waals surface area contributed by atoms with Gasteiger partial charge in [0, 0.05) is 18.5 Å². The van der Waals surface area contributed by atoms with E-state index in [2.05, 4.69) is 5.10 Å². The third-order valence-corrected chi connectivity index (χ3v) is 3.56. The van der Waals surface area contributed by atoms with Crippen molar-refractivity contribution in [3.05, 3.63) is 35.5 Å². The van der Waals surface area contributed by atoms with Gasteiger partial charge in [0.1, 0.15) is 5.82 Å². The summed E-state index contributed by atoms with van der Waals surface area (Å²) in [4.78, 5) is 0. The highest BCUT2D eigenvalue weighted by Crippen LogP contribution is 2.46. The minimum Gasteiger partial charge on any atom is -0.383 e. The SMILES string of the molecule is Cn1nc(C2CC2)c(-c2cccc(C(F)(F)F)c2)c1N. The molecule has 2 aromatic rings. The van der Waals surface area contributed by atoms with Crippen molar-refractivity contribution in [3.8, 4) is 11.1 Å². The fourth-order valence-electron chi connectivity index (χ4n) is 2.35. The highest BCUT2D eigenvalue weighted by atomic mass is 19.4. The molecule has 20 heavy (non-hydrogen) atoms.